The Balaban J connectivity index is 2.51. The third-order valence-electron chi connectivity index (χ3n) is 5.32. The van der Waals surface area contributed by atoms with Gasteiger partial charge in [-0.2, -0.15) is 0 Å². The lowest BCUT2D eigenvalue weighted by Gasteiger charge is -2.34. The number of ether oxygens (including phenoxy) is 1. The summed E-state index contributed by atoms with van der Waals surface area (Å²) in [5, 5.41) is 3.01. The minimum absolute atomic E-state index is 0.00578. The average Bonchev–Trinajstić information content (AvgIpc) is 2.86. The number of hydrogen-bond acceptors (Lipinski definition) is 4. The molecule has 5 heteroatoms. The van der Waals surface area contributed by atoms with Crippen LogP contribution in [-0.4, -0.2) is 29.9 Å². The van der Waals surface area contributed by atoms with E-state index in [1.54, 1.807) is 0 Å². The van der Waals surface area contributed by atoms with Gasteiger partial charge in [0.25, 0.3) is 0 Å². The number of Topliss-reactive ketones (excluding diaryl/α,β-unsaturated/α-hetero) is 1. The predicted octanol–water partition coefficient (Wildman–Crippen LogP) is 4.34. The molecule has 2 aromatic rings. The number of carbonyl (C=O) groups is 3. The monoisotopic (exact) mass is 446 g/mol. The van der Waals surface area contributed by atoms with Crippen LogP contribution in [0.3, 0.4) is 0 Å². The van der Waals surface area contributed by atoms with Gasteiger partial charge in [-0.15, -0.1) is 0 Å². The summed E-state index contributed by atoms with van der Waals surface area (Å²) in [5.74, 6) is -0.986. The Morgan fingerprint density at radius 1 is 1.00 bits per heavy atom. The molecule has 0 radical (unpaired) electrons. The molecule has 0 amide bonds. The topological polar surface area (TPSA) is 60.4 Å². The lowest BCUT2D eigenvalue weighted by Crippen LogP contribution is -2.35. The molecule has 0 saturated carbocycles. The third kappa shape index (κ3) is 4.81. The molecule has 164 valence electrons. The standard InChI is InChI=1S/C27H27O4P/c1-2-21-31-27(30)26(25(29)19-12-20-28)32(22-13-6-3-7-14-22,23-15-8-4-9-16-23)24-17-10-5-11-18-24/h2-10,13-17,20H,1,11-12,18-19,21H2. The van der Waals surface area contributed by atoms with E-state index in [0.717, 1.165) is 28.8 Å². The van der Waals surface area contributed by atoms with Crippen LogP contribution in [0.25, 0.3) is 0 Å². The van der Waals surface area contributed by atoms with E-state index in [2.05, 4.69) is 12.7 Å². The molecule has 0 aliphatic heterocycles. The van der Waals surface area contributed by atoms with E-state index in [-0.39, 0.29) is 30.5 Å². The van der Waals surface area contributed by atoms with Gasteiger partial charge in [0, 0.05) is 12.8 Å². The van der Waals surface area contributed by atoms with E-state index in [1.165, 1.54) is 6.08 Å². The molecule has 0 atom stereocenters. The maximum atomic E-state index is 13.6. The Morgan fingerprint density at radius 2 is 1.62 bits per heavy atom. The number of ketones is 1. The number of benzene rings is 2. The lowest BCUT2D eigenvalue weighted by atomic mass is 10.2. The highest BCUT2D eigenvalue weighted by Crippen LogP contribution is 2.57. The molecule has 0 aromatic heterocycles. The second-order valence-electron chi connectivity index (χ2n) is 7.33. The van der Waals surface area contributed by atoms with Crippen LogP contribution >= 0.6 is 6.89 Å². The molecule has 3 rings (SSSR count). The van der Waals surface area contributed by atoms with Gasteiger partial charge < -0.3 is 9.53 Å². The molecule has 1 aliphatic rings. The van der Waals surface area contributed by atoms with Crippen molar-refractivity contribution in [3.05, 3.63) is 96.9 Å². The van der Waals surface area contributed by atoms with Crippen molar-refractivity contribution in [1.82, 2.24) is 0 Å². The number of rotatable bonds is 10. The van der Waals surface area contributed by atoms with E-state index < -0.39 is 12.9 Å². The van der Waals surface area contributed by atoms with Gasteiger partial charge in [0.05, 0.1) is 0 Å². The Hall–Kier alpha value is -3.23. The second-order valence-corrected chi connectivity index (χ2v) is 10.7. The van der Waals surface area contributed by atoms with Crippen molar-refractivity contribution in [2.24, 2.45) is 0 Å². The van der Waals surface area contributed by atoms with Gasteiger partial charge in [0.1, 0.15) is 18.2 Å². The van der Waals surface area contributed by atoms with Crippen molar-refractivity contribution in [1.29, 1.82) is 0 Å². The number of allylic oxidation sites excluding steroid dienone is 4. The van der Waals surface area contributed by atoms with Crippen LogP contribution in [0.4, 0.5) is 0 Å². The lowest BCUT2D eigenvalue weighted by molar-refractivity contribution is -0.135. The minimum atomic E-state index is -2.83. The Bertz CT molecular complexity index is 1030. The largest absolute Gasteiger partial charge is 0.458 e. The summed E-state index contributed by atoms with van der Waals surface area (Å²) in [6.45, 7) is 0.805. The summed E-state index contributed by atoms with van der Waals surface area (Å²) in [7, 11) is 0. The van der Waals surface area contributed by atoms with Gasteiger partial charge in [-0.3, -0.25) is 4.79 Å². The fraction of sp³-hybridized carbons (Fsp3) is 0.185. The number of hydrogen-bond donors (Lipinski definition) is 0. The van der Waals surface area contributed by atoms with Gasteiger partial charge in [0.15, 0.2) is 5.78 Å². The molecule has 2 aromatic carbocycles. The van der Waals surface area contributed by atoms with Crippen LogP contribution in [0.1, 0.15) is 25.7 Å². The predicted molar refractivity (Wildman–Crippen MR) is 132 cm³/mol. The van der Waals surface area contributed by atoms with Crippen molar-refractivity contribution in [2.75, 3.05) is 6.61 Å². The minimum Gasteiger partial charge on any atom is -0.458 e. The van der Waals surface area contributed by atoms with Crippen LogP contribution < -0.4 is 10.6 Å². The Kier molecular flexibility index (Phi) is 8.35. The van der Waals surface area contributed by atoms with Crippen molar-refractivity contribution in [3.8, 4) is 0 Å². The summed E-state index contributed by atoms with van der Waals surface area (Å²) in [5.41, 5.74) is 0. The van der Waals surface area contributed by atoms with Crippen molar-refractivity contribution < 1.29 is 19.1 Å². The molecular formula is C27H27O4P. The second kappa shape index (κ2) is 11.4. The van der Waals surface area contributed by atoms with Crippen LogP contribution in [0.5, 0.6) is 0 Å². The first kappa shape index (κ1) is 23.4. The van der Waals surface area contributed by atoms with Crippen molar-refractivity contribution in [3.63, 3.8) is 0 Å². The molecular weight excluding hydrogens is 419 g/mol. The first-order chi connectivity index (χ1) is 15.7. The van der Waals surface area contributed by atoms with E-state index in [0.29, 0.717) is 6.29 Å². The van der Waals surface area contributed by atoms with E-state index in [9.17, 15) is 14.4 Å². The van der Waals surface area contributed by atoms with Crippen molar-refractivity contribution >= 4 is 40.8 Å². The summed E-state index contributed by atoms with van der Waals surface area (Å²) in [4.78, 5) is 38.2. The zero-order valence-electron chi connectivity index (χ0n) is 18.0. The Labute approximate surface area is 189 Å². The molecule has 0 fully saturated rings. The maximum absolute atomic E-state index is 13.6. The normalized spacial score (nSPS) is 13.1. The molecule has 0 N–H and O–H groups in total. The SMILES string of the molecule is C=CCOC(=O)C(C(=O)CCC=O)=P(C1=CC=CCC1)(c1ccccc1)c1ccccc1. The van der Waals surface area contributed by atoms with Crippen LogP contribution in [0, 0.1) is 0 Å². The molecule has 0 bridgehead atoms. The van der Waals surface area contributed by atoms with Crippen LogP contribution in [0.15, 0.2) is 96.9 Å². The third-order valence-corrected chi connectivity index (χ3v) is 9.81. The van der Waals surface area contributed by atoms with Gasteiger partial charge in [-0.05, 0) is 35.7 Å². The van der Waals surface area contributed by atoms with Crippen LogP contribution in [-0.2, 0) is 19.1 Å². The Morgan fingerprint density at radius 3 is 2.12 bits per heavy atom. The first-order valence-electron chi connectivity index (χ1n) is 10.6. The number of carbonyl (C=O) groups excluding carboxylic acids is 3. The molecule has 0 unspecified atom stereocenters. The molecule has 0 heterocycles. The number of esters is 1. The number of aldehydes is 1. The molecule has 0 saturated heterocycles. The summed E-state index contributed by atoms with van der Waals surface area (Å²) >= 11 is 0. The summed E-state index contributed by atoms with van der Waals surface area (Å²) in [6.07, 6.45) is 9.87. The van der Waals surface area contributed by atoms with E-state index >= 15 is 0 Å². The van der Waals surface area contributed by atoms with Gasteiger partial charge in [-0.25, -0.2) is 4.79 Å². The molecule has 32 heavy (non-hydrogen) atoms. The summed E-state index contributed by atoms with van der Waals surface area (Å²) in [6, 6.07) is 19.5. The zero-order valence-corrected chi connectivity index (χ0v) is 18.9. The fourth-order valence-corrected chi connectivity index (χ4v) is 8.61. The maximum Gasteiger partial charge on any atom is 0.343 e. The van der Waals surface area contributed by atoms with Crippen molar-refractivity contribution in [2.45, 2.75) is 25.7 Å². The molecule has 1 aliphatic carbocycles. The van der Waals surface area contributed by atoms with Gasteiger partial charge in [0.2, 0.25) is 0 Å². The van der Waals surface area contributed by atoms with Gasteiger partial charge in [-0.1, -0.05) is 91.5 Å². The zero-order chi connectivity index (χ0) is 22.8. The van der Waals surface area contributed by atoms with E-state index in [1.807, 2.05) is 72.8 Å². The summed E-state index contributed by atoms with van der Waals surface area (Å²) < 4.78 is 5.47. The average molecular weight is 446 g/mol. The van der Waals surface area contributed by atoms with E-state index in [4.69, 9.17) is 4.74 Å². The van der Waals surface area contributed by atoms with Crippen LogP contribution in [0.2, 0.25) is 0 Å². The highest BCUT2D eigenvalue weighted by molar-refractivity contribution is 7.95. The molecule has 4 nitrogen and oxygen atoms in total. The highest BCUT2D eigenvalue weighted by atomic mass is 31.2. The first-order valence-corrected chi connectivity index (χ1v) is 12.4. The smallest absolute Gasteiger partial charge is 0.343 e. The molecule has 0 spiro atoms. The van der Waals surface area contributed by atoms with Gasteiger partial charge >= 0.3 is 5.97 Å². The highest BCUT2D eigenvalue weighted by Gasteiger charge is 2.38. The fourth-order valence-electron chi connectivity index (χ4n) is 4.00. The quantitative estimate of drug-likeness (QED) is 0.179.